The summed E-state index contributed by atoms with van der Waals surface area (Å²) in [6.07, 6.45) is 0.726. The number of benzene rings is 2. The van der Waals surface area contributed by atoms with Gasteiger partial charge in [0.25, 0.3) is 0 Å². The van der Waals surface area contributed by atoms with Crippen molar-refractivity contribution in [1.29, 1.82) is 0 Å². The fourth-order valence-electron chi connectivity index (χ4n) is 3.16. The number of ether oxygens (including phenoxy) is 2. The molecule has 1 unspecified atom stereocenters. The van der Waals surface area contributed by atoms with Crippen molar-refractivity contribution in [2.75, 3.05) is 20.8 Å². The minimum absolute atomic E-state index is 0.105. The van der Waals surface area contributed by atoms with E-state index < -0.39 is 0 Å². The molecule has 0 saturated carbocycles. The lowest BCUT2D eigenvalue weighted by Gasteiger charge is -2.28. The Hall–Kier alpha value is -2.49. The molecule has 2 aromatic carbocycles. The molecule has 0 radical (unpaired) electrons. The van der Waals surface area contributed by atoms with E-state index in [-0.39, 0.29) is 11.8 Å². The zero-order valence-corrected chi connectivity index (χ0v) is 14.4. The molecule has 24 heavy (non-hydrogen) atoms. The average molecular weight is 325 g/mol. The molecule has 0 aromatic heterocycles. The normalized spacial score (nSPS) is 16.0. The summed E-state index contributed by atoms with van der Waals surface area (Å²) in [6, 6.07) is 13.9. The third kappa shape index (κ3) is 3.37. The minimum atomic E-state index is -0.138. The molecule has 4 nitrogen and oxygen atoms in total. The number of aryl methyl sites for hydroxylation is 1. The van der Waals surface area contributed by atoms with Crippen molar-refractivity contribution in [3.8, 4) is 11.5 Å². The van der Waals surface area contributed by atoms with Crippen molar-refractivity contribution in [2.24, 2.45) is 5.92 Å². The fraction of sp³-hybridized carbons (Fsp3) is 0.350. The van der Waals surface area contributed by atoms with Gasteiger partial charge in [0, 0.05) is 19.2 Å². The van der Waals surface area contributed by atoms with Gasteiger partial charge in [-0.2, -0.15) is 0 Å². The number of carbonyl (C=O) groups is 1. The maximum Gasteiger partial charge on any atom is 0.229 e. The molecule has 0 saturated heterocycles. The van der Waals surface area contributed by atoms with Crippen LogP contribution in [0.4, 0.5) is 0 Å². The zero-order chi connectivity index (χ0) is 17.1. The van der Waals surface area contributed by atoms with Gasteiger partial charge < -0.3 is 14.4 Å². The molecule has 0 fully saturated rings. The van der Waals surface area contributed by atoms with E-state index in [0.29, 0.717) is 13.2 Å². The van der Waals surface area contributed by atoms with Gasteiger partial charge in [-0.25, -0.2) is 0 Å². The summed E-state index contributed by atoms with van der Waals surface area (Å²) in [5.41, 5.74) is 3.27. The Morgan fingerprint density at radius 2 is 2.08 bits per heavy atom. The molecule has 0 bridgehead atoms. The molecule has 0 N–H and O–H groups in total. The first-order valence-electron chi connectivity index (χ1n) is 8.17. The standard InChI is InChI=1S/C20H23NO3/c1-14-8-9-18(23-3)16(10-14)12-21(2)20(22)17-11-15-6-4-5-7-19(15)24-13-17/h4-10,17H,11-13H2,1-3H3. The van der Waals surface area contributed by atoms with Crippen LogP contribution in [0, 0.1) is 12.8 Å². The van der Waals surface area contributed by atoms with E-state index in [1.807, 2.05) is 50.4 Å². The molecule has 1 atom stereocenters. The van der Waals surface area contributed by atoms with Gasteiger partial charge in [-0.1, -0.05) is 35.9 Å². The van der Waals surface area contributed by atoms with Crippen LogP contribution in [0.15, 0.2) is 42.5 Å². The van der Waals surface area contributed by atoms with Gasteiger partial charge in [-0.05, 0) is 31.0 Å². The van der Waals surface area contributed by atoms with Crippen LogP contribution in [0.3, 0.4) is 0 Å². The highest BCUT2D eigenvalue weighted by Crippen LogP contribution is 2.28. The summed E-state index contributed by atoms with van der Waals surface area (Å²) in [5.74, 6) is 1.67. The van der Waals surface area contributed by atoms with Crippen LogP contribution in [0.1, 0.15) is 16.7 Å². The molecule has 1 aliphatic rings. The van der Waals surface area contributed by atoms with Crippen LogP contribution in [-0.2, 0) is 17.8 Å². The Morgan fingerprint density at radius 3 is 2.88 bits per heavy atom. The summed E-state index contributed by atoms with van der Waals surface area (Å²) >= 11 is 0. The number of carbonyl (C=O) groups excluding carboxylic acids is 1. The highest BCUT2D eigenvalue weighted by atomic mass is 16.5. The van der Waals surface area contributed by atoms with E-state index in [9.17, 15) is 4.79 Å². The second kappa shape index (κ2) is 6.95. The van der Waals surface area contributed by atoms with E-state index in [4.69, 9.17) is 9.47 Å². The van der Waals surface area contributed by atoms with Gasteiger partial charge in [0.2, 0.25) is 5.91 Å². The largest absolute Gasteiger partial charge is 0.496 e. The minimum Gasteiger partial charge on any atom is -0.496 e. The van der Waals surface area contributed by atoms with Crippen molar-refractivity contribution in [3.05, 3.63) is 59.2 Å². The van der Waals surface area contributed by atoms with E-state index in [1.165, 1.54) is 0 Å². The van der Waals surface area contributed by atoms with Gasteiger partial charge in [0.1, 0.15) is 18.1 Å². The second-order valence-corrected chi connectivity index (χ2v) is 6.33. The molecular formula is C20H23NO3. The quantitative estimate of drug-likeness (QED) is 0.866. The molecule has 126 valence electrons. The third-order valence-corrected chi connectivity index (χ3v) is 4.45. The lowest BCUT2D eigenvalue weighted by molar-refractivity contribution is -0.136. The molecule has 0 spiro atoms. The third-order valence-electron chi connectivity index (χ3n) is 4.45. The highest BCUT2D eigenvalue weighted by molar-refractivity contribution is 5.79. The average Bonchev–Trinajstić information content (AvgIpc) is 2.61. The maximum atomic E-state index is 12.8. The number of hydrogen-bond donors (Lipinski definition) is 0. The van der Waals surface area contributed by atoms with Gasteiger partial charge in [-0.3, -0.25) is 4.79 Å². The van der Waals surface area contributed by atoms with Gasteiger partial charge >= 0.3 is 0 Å². The van der Waals surface area contributed by atoms with Crippen LogP contribution >= 0.6 is 0 Å². The summed E-state index contributed by atoms with van der Waals surface area (Å²) in [5, 5.41) is 0. The van der Waals surface area contributed by atoms with E-state index >= 15 is 0 Å². The number of para-hydroxylation sites is 1. The van der Waals surface area contributed by atoms with Crippen LogP contribution in [-0.4, -0.2) is 31.6 Å². The van der Waals surface area contributed by atoms with E-state index in [2.05, 4.69) is 6.07 Å². The molecule has 3 rings (SSSR count). The predicted molar refractivity (Wildman–Crippen MR) is 93.3 cm³/mol. The molecular weight excluding hydrogens is 302 g/mol. The number of hydrogen-bond acceptors (Lipinski definition) is 3. The van der Waals surface area contributed by atoms with E-state index in [0.717, 1.165) is 34.6 Å². The predicted octanol–water partition coefficient (Wildman–Crippen LogP) is 3.21. The number of methoxy groups -OCH3 is 1. The van der Waals surface area contributed by atoms with Crippen LogP contribution in [0.5, 0.6) is 11.5 Å². The molecule has 4 heteroatoms. The topological polar surface area (TPSA) is 38.8 Å². The first kappa shape index (κ1) is 16.4. The van der Waals surface area contributed by atoms with Crippen molar-refractivity contribution < 1.29 is 14.3 Å². The Kier molecular flexibility index (Phi) is 4.74. The Morgan fingerprint density at radius 1 is 1.29 bits per heavy atom. The molecule has 1 amide bonds. The summed E-state index contributed by atoms with van der Waals surface area (Å²) in [6.45, 7) is 3.00. The van der Waals surface area contributed by atoms with Crippen molar-refractivity contribution in [1.82, 2.24) is 4.90 Å². The Bertz CT molecular complexity index is 741. The molecule has 0 aliphatic carbocycles. The lowest BCUT2D eigenvalue weighted by Crippen LogP contribution is -2.38. The summed E-state index contributed by atoms with van der Waals surface area (Å²) < 4.78 is 11.2. The van der Waals surface area contributed by atoms with Crippen molar-refractivity contribution in [3.63, 3.8) is 0 Å². The molecule has 1 aliphatic heterocycles. The SMILES string of the molecule is COc1ccc(C)cc1CN(C)C(=O)C1COc2ccccc2C1. The highest BCUT2D eigenvalue weighted by Gasteiger charge is 2.28. The van der Waals surface area contributed by atoms with Crippen molar-refractivity contribution >= 4 is 5.91 Å². The Labute approximate surface area is 143 Å². The van der Waals surface area contributed by atoms with Gasteiger partial charge in [0.15, 0.2) is 0 Å². The fourth-order valence-corrected chi connectivity index (χ4v) is 3.16. The first-order valence-corrected chi connectivity index (χ1v) is 8.17. The Balaban J connectivity index is 1.71. The zero-order valence-electron chi connectivity index (χ0n) is 14.4. The monoisotopic (exact) mass is 325 g/mol. The number of rotatable bonds is 4. The lowest BCUT2D eigenvalue weighted by atomic mass is 9.95. The van der Waals surface area contributed by atoms with Crippen LogP contribution < -0.4 is 9.47 Å². The first-order chi connectivity index (χ1) is 11.6. The second-order valence-electron chi connectivity index (χ2n) is 6.33. The van der Waals surface area contributed by atoms with Crippen LogP contribution in [0.2, 0.25) is 0 Å². The van der Waals surface area contributed by atoms with Gasteiger partial charge in [-0.15, -0.1) is 0 Å². The smallest absolute Gasteiger partial charge is 0.229 e. The van der Waals surface area contributed by atoms with Gasteiger partial charge in [0.05, 0.1) is 13.0 Å². The van der Waals surface area contributed by atoms with E-state index in [1.54, 1.807) is 12.0 Å². The summed E-state index contributed by atoms with van der Waals surface area (Å²) in [4.78, 5) is 14.6. The van der Waals surface area contributed by atoms with Crippen molar-refractivity contribution in [2.45, 2.75) is 19.9 Å². The molecule has 2 aromatic rings. The number of fused-ring (bicyclic) bond motifs is 1. The van der Waals surface area contributed by atoms with Crippen LogP contribution in [0.25, 0.3) is 0 Å². The molecule has 1 heterocycles. The summed E-state index contributed by atoms with van der Waals surface area (Å²) in [7, 11) is 3.49. The number of nitrogens with zero attached hydrogens (tertiary/aromatic N) is 1. The number of amides is 1. The maximum absolute atomic E-state index is 12.8.